The van der Waals surface area contributed by atoms with Gasteiger partial charge in [-0.15, -0.1) is 0 Å². The molecule has 0 saturated carbocycles. The molecule has 1 heteroatoms. The molecule has 2 radical (unpaired) electrons. The van der Waals surface area contributed by atoms with Crippen LogP contribution in [0, 0.1) is 0 Å². The van der Waals surface area contributed by atoms with Crippen molar-refractivity contribution in [2.24, 2.45) is 0 Å². The monoisotopic (exact) mass is 144 g/mol. The van der Waals surface area contributed by atoms with Gasteiger partial charge < -0.3 is 0 Å². The van der Waals surface area contributed by atoms with Crippen LogP contribution in [-0.2, 0) is 0 Å². The lowest BCUT2D eigenvalue weighted by Gasteiger charge is -2.15. The highest BCUT2D eigenvalue weighted by Crippen LogP contribution is 2.24. The average Bonchev–Trinajstić information content (AvgIpc) is 2.05. The van der Waals surface area contributed by atoms with Crippen molar-refractivity contribution in [1.29, 1.82) is 0 Å². The largest absolute Gasteiger partial charge is 0.0737 e. The van der Waals surface area contributed by atoms with Crippen LogP contribution in [0.1, 0.15) is 25.3 Å². The van der Waals surface area contributed by atoms with Gasteiger partial charge in [0.2, 0.25) is 0 Å². The first-order valence-corrected chi connectivity index (χ1v) is 4.02. The van der Waals surface area contributed by atoms with E-state index in [0.717, 1.165) is 0 Å². The first-order valence-electron chi connectivity index (χ1n) is 4.02. The van der Waals surface area contributed by atoms with Crippen LogP contribution >= 0.6 is 0 Å². The summed E-state index contributed by atoms with van der Waals surface area (Å²) in [5.74, 6) is 0.689. The van der Waals surface area contributed by atoms with E-state index in [2.05, 4.69) is 19.1 Å². The summed E-state index contributed by atoms with van der Waals surface area (Å²) in [6.07, 6.45) is 0. The Hall–Kier alpha value is -0.715. The Morgan fingerprint density at radius 3 is 2.09 bits per heavy atom. The van der Waals surface area contributed by atoms with Crippen LogP contribution in [-0.4, -0.2) is 7.85 Å². The molecule has 11 heavy (non-hydrogen) atoms. The third kappa shape index (κ3) is 2.11. The van der Waals surface area contributed by atoms with Gasteiger partial charge in [-0.3, -0.25) is 0 Å². The Labute approximate surface area is 70.0 Å². The lowest BCUT2D eigenvalue weighted by Crippen LogP contribution is -1.99. The average molecular weight is 144 g/mol. The summed E-state index contributed by atoms with van der Waals surface area (Å²) >= 11 is 0. The number of hydrogen-bond acceptors (Lipinski definition) is 0. The van der Waals surface area contributed by atoms with Crippen LogP contribution in [0.3, 0.4) is 0 Å². The van der Waals surface area contributed by atoms with Gasteiger partial charge in [0.05, 0.1) is 7.85 Å². The zero-order valence-electron chi connectivity index (χ0n) is 7.12. The Bertz CT molecular complexity index is 203. The van der Waals surface area contributed by atoms with Crippen molar-refractivity contribution >= 4 is 7.85 Å². The first-order chi connectivity index (χ1) is 5.22. The smallest absolute Gasteiger partial charge is 0.0703 e. The topological polar surface area (TPSA) is 0 Å². The molecular formula is C10H13B. The van der Waals surface area contributed by atoms with Crippen molar-refractivity contribution in [3.05, 3.63) is 35.9 Å². The summed E-state index contributed by atoms with van der Waals surface area (Å²) in [6, 6.07) is 10.4. The van der Waals surface area contributed by atoms with E-state index in [1.54, 1.807) is 0 Å². The van der Waals surface area contributed by atoms with Gasteiger partial charge in [0.25, 0.3) is 0 Å². The number of benzene rings is 1. The van der Waals surface area contributed by atoms with Gasteiger partial charge in [-0.25, -0.2) is 0 Å². The number of hydrogen-bond donors (Lipinski definition) is 0. The fraction of sp³-hybridized carbons (Fsp3) is 0.400. The second kappa shape index (κ2) is 3.61. The number of rotatable bonds is 2. The molecule has 0 bridgehead atoms. The summed E-state index contributed by atoms with van der Waals surface area (Å²) in [5, 5.41) is 0. The van der Waals surface area contributed by atoms with Crippen LogP contribution in [0.4, 0.5) is 0 Å². The molecular weight excluding hydrogens is 131 g/mol. The maximum atomic E-state index is 5.77. The maximum absolute atomic E-state index is 5.77. The van der Waals surface area contributed by atoms with Gasteiger partial charge in [-0.1, -0.05) is 50.0 Å². The quantitative estimate of drug-likeness (QED) is 0.559. The Kier molecular flexibility index (Phi) is 2.75. The summed E-state index contributed by atoms with van der Waals surface area (Å²) in [4.78, 5) is 0. The standard InChI is InChI=1S/C10H13B/c1-8(9(2)11)10-6-4-3-5-7-10/h3-9H,1-2H3. The van der Waals surface area contributed by atoms with Crippen molar-refractivity contribution in [3.63, 3.8) is 0 Å². The first kappa shape index (κ1) is 8.38. The minimum atomic E-state index is 0.234. The molecule has 0 aliphatic carbocycles. The zero-order chi connectivity index (χ0) is 8.27. The minimum Gasteiger partial charge on any atom is -0.0737 e. The van der Waals surface area contributed by atoms with Gasteiger partial charge >= 0.3 is 0 Å². The van der Waals surface area contributed by atoms with Gasteiger partial charge in [-0.05, 0) is 11.5 Å². The molecule has 56 valence electrons. The van der Waals surface area contributed by atoms with Crippen LogP contribution in [0.25, 0.3) is 0 Å². The maximum Gasteiger partial charge on any atom is 0.0703 e. The highest BCUT2D eigenvalue weighted by Gasteiger charge is 2.07. The summed E-state index contributed by atoms with van der Waals surface area (Å²) in [6.45, 7) is 4.19. The molecule has 1 aromatic rings. The molecule has 0 aliphatic heterocycles. The molecule has 2 atom stereocenters. The molecule has 0 N–H and O–H groups in total. The molecule has 0 amide bonds. The van der Waals surface area contributed by atoms with Crippen molar-refractivity contribution in [2.75, 3.05) is 0 Å². The van der Waals surface area contributed by atoms with Gasteiger partial charge in [0.1, 0.15) is 0 Å². The van der Waals surface area contributed by atoms with E-state index in [9.17, 15) is 0 Å². The fourth-order valence-corrected chi connectivity index (χ4v) is 1.06. The molecule has 1 rings (SSSR count). The Morgan fingerprint density at radius 1 is 1.09 bits per heavy atom. The lowest BCUT2D eigenvalue weighted by atomic mass is 9.76. The Morgan fingerprint density at radius 2 is 1.64 bits per heavy atom. The molecule has 0 saturated heterocycles. The Balaban J connectivity index is 2.77. The van der Waals surface area contributed by atoms with Crippen molar-refractivity contribution < 1.29 is 0 Å². The van der Waals surface area contributed by atoms with Gasteiger partial charge in [0, 0.05) is 0 Å². The van der Waals surface area contributed by atoms with E-state index < -0.39 is 0 Å². The van der Waals surface area contributed by atoms with Crippen LogP contribution in [0.15, 0.2) is 30.3 Å². The molecule has 0 spiro atoms. The minimum absolute atomic E-state index is 0.234. The molecule has 0 heterocycles. The van der Waals surface area contributed by atoms with E-state index in [1.165, 1.54) is 5.56 Å². The van der Waals surface area contributed by atoms with Crippen LogP contribution < -0.4 is 0 Å². The van der Waals surface area contributed by atoms with Crippen molar-refractivity contribution in [1.82, 2.24) is 0 Å². The van der Waals surface area contributed by atoms with Gasteiger partial charge in [0.15, 0.2) is 0 Å². The van der Waals surface area contributed by atoms with E-state index >= 15 is 0 Å². The third-order valence-corrected chi connectivity index (χ3v) is 2.11. The van der Waals surface area contributed by atoms with E-state index in [1.807, 2.05) is 25.1 Å². The van der Waals surface area contributed by atoms with Crippen molar-refractivity contribution in [3.8, 4) is 0 Å². The summed E-state index contributed by atoms with van der Waals surface area (Å²) in [7, 11) is 5.77. The SMILES string of the molecule is [B]C(C)C(C)c1ccccc1. The predicted molar refractivity (Wildman–Crippen MR) is 50.0 cm³/mol. The van der Waals surface area contributed by atoms with E-state index in [0.29, 0.717) is 5.92 Å². The zero-order valence-corrected chi connectivity index (χ0v) is 7.12. The normalized spacial score (nSPS) is 15.8. The van der Waals surface area contributed by atoms with Crippen LogP contribution in [0.5, 0.6) is 0 Å². The van der Waals surface area contributed by atoms with Gasteiger partial charge in [-0.2, -0.15) is 0 Å². The second-order valence-electron chi connectivity index (χ2n) is 3.06. The van der Waals surface area contributed by atoms with E-state index in [4.69, 9.17) is 7.85 Å². The summed E-state index contributed by atoms with van der Waals surface area (Å²) < 4.78 is 0. The highest BCUT2D eigenvalue weighted by atomic mass is 14.1. The molecule has 0 aliphatic rings. The van der Waals surface area contributed by atoms with Crippen LogP contribution in [0.2, 0.25) is 5.82 Å². The second-order valence-corrected chi connectivity index (χ2v) is 3.06. The molecule has 1 aromatic carbocycles. The fourth-order valence-electron chi connectivity index (χ4n) is 1.06. The third-order valence-electron chi connectivity index (χ3n) is 2.11. The molecule has 0 aromatic heterocycles. The van der Waals surface area contributed by atoms with E-state index in [-0.39, 0.29) is 5.82 Å². The highest BCUT2D eigenvalue weighted by molar-refractivity contribution is 6.11. The summed E-state index contributed by atoms with van der Waals surface area (Å²) in [5.41, 5.74) is 1.32. The van der Waals surface area contributed by atoms with Crippen molar-refractivity contribution in [2.45, 2.75) is 25.6 Å². The molecule has 0 nitrogen and oxygen atoms in total. The molecule has 0 fully saturated rings. The predicted octanol–water partition coefficient (Wildman–Crippen LogP) is 2.77. The lowest BCUT2D eigenvalue weighted by molar-refractivity contribution is 0.731. The molecule has 2 unspecified atom stereocenters.